The quantitative estimate of drug-likeness (QED) is 0.405. The zero-order valence-electron chi connectivity index (χ0n) is 10.3. The van der Waals surface area contributed by atoms with Crippen LogP contribution in [0.15, 0.2) is 0 Å². The minimum absolute atomic E-state index is 0.0448. The summed E-state index contributed by atoms with van der Waals surface area (Å²) < 4.78 is 17.0. The van der Waals surface area contributed by atoms with Gasteiger partial charge in [-0.05, 0) is 12.8 Å². The zero-order chi connectivity index (χ0) is 11.9. The van der Waals surface area contributed by atoms with Gasteiger partial charge in [0.1, 0.15) is 11.5 Å². The van der Waals surface area contributed by atoms with E-state index in [1.807, 2.05) is 0 Å². The fourth-order valence-electron chi connectivity index (χ4n) is 3.42. The Morgan fingerprint density at radius 2 is 2.41 bits per heavy atom. The number of ether oxygens (including phenoxy) is 3. The summed E-state index contributed by atoms with van der Waals surface area (Å²) in [7, 11) is 1.23. The van der Waals surface area contributed by atoms with Gasteiger partial charge >= 0.3 is 5.97 Å². The molecule has 3 heterocycles. The highest BCUT2D eigenvalue weighted by atomic mass is 28.1. The Hall–Kier alpha value is -0.393. The van der Waals surface area contributed by atoms with Crippen LogP contribution in [-0.2, 0) is 19.0 Å². The van der Waals surface area contributed by atoms with E-state index in [1.54, 1.807) is 0 Å². The third-order valence-electron chi connectivity index (χ3n) is 4.33. The van der Waals surface area contributed by atoms with Gasteiger partial charge in [0.05, 0.1) is 18.8 Å². The average Bonchev–Trinajstić information content (AvgIpc) is 2.96. The number of cyclic esters (lactones) is 1. The van der Waals surface area contributed by atoms with E-state index in [4.69, 9.17) is 14.2 Å². The number of esters is 1. The third-order valence-corrected chi connectivity index (χ3v) is 5.03. The highest BCUT2D eigenvalue weighted by Gasteiger charge is 2.64. The molecule has 0 aromatic carbocycles. The molecule has 0 aromatic heterocycles. The molecule has 3 fully saturated rings. The molecule has 0 amide bonds. The normalized spacial score (nSPS) is 43.8. The van der Waals surface area contributed by atoms with Crippen LogP contribution in [-0.4, -0.2) is 47.7 Å². The number of carbonyl (C=O) groups excluding carboxylic acids is 1. The lowest BCUT2D eigenvalue weighted by atomic mass is 9.72. The molecular weight excluding hydrogens is 236 g/mol. The highest BCUT2D eigenvalue weighted by molar-refractivity contribution is 6.08. The largest absolute Gasteiger partial charge is 0.465 e. The van der Waals surface area contributed by atoms with Crippen molar-refractivity contribution >= 4 is 16.2 Å². The minimum atomic E-state index is -0.367. The van der Waals surface area contributed by atoms with Crippen LogP contribution in [0.25, 0.3) is 0 Å². The lowest BCUT2D eigenvalue weighted by Crippen LogP contribution is -2.45. The molecule has 5 heteroatoms. The van der Waals surface area contributed by atoms with E-state index < -0.39 is 0 Å². The van der Waals surface area contributed by atoms with Gasteiger partial charge in [0.15, 0.2) is 0 Å². The van der Waals surface area contributed by atoms with Crippen molar-refractivity contribution < 1.29 is 19.0 Å². The van der Waals surface area contributed by atoms with Crippen molar-refractivity contribution in [3.8, 4) is 0 Å². The van der Waals surface area contributed by atoms with Crippen LogP contribution in [0.3, 0.4) is 0 Å². The first kappa shape index (κ1) is 11.7. The van der Waals surface area contributed by atoms with E-state index in [0.29, 0.717) is 6.61 Å². The van der Waals surface area contributed by atoms with Gasteiger partial charge in [-0.15, -0.1) is 0 Å². The van der Waals surface area contributed by atoms with Gasteiger partial charge < -0.3 is 14.2 Å². The number of rotatable bonds is 4. The Kier molecular flexibility index (Phi) is 3.00. The third kappa shape index (κ3) is 1.75. The maximum absolute atomic E-state index is 11.9. The second kappa shape index (κ2) is 4.37. The van der Waals surface area contributed by atoms with Gasteiger partial charge in [-0.1, -0.05) is 6.04 Å². The molecule has 0 N–H and O–H groups in total. The second-order valence-electron chi connectivity index (χ2n) is 5.42. The van der Waals surface area contributed by atoms with Gasteiger partial charge in [0, 0.05) is 29.7 Å². The van der Waals surface area contributed by atoms with Gasteiger partial charge in [-0.25, -0.2) is 0 Å². The summed E-state index contributed by atoms with van der Waals surface area (Å²) in [4.78, 5) is 11.9. The molecule has 4 atom stereocenters. The molecule has 2 bridgehead atoms. The Labute approximate surface area is 104 Å². The molecule has 0 saturated carbocycles. The summed E-state index contributed by atoms with van der Waals surface area (Å²) in [5, 5.41) is 0. The van der Waals surface area contributed by atoms with Crippen molar-refractivity contribution in [2.24, 2.45) is 5.41 Å². The molecule has 96 valence electrons. The van der Waals surface area contributed by atoms with Crippen LogP contribution in [0.4, 0.5) is 0 Å². The summed E-state index contributed by atoms with van der Waals surface area (Å²) in [6.45, 7) is 1.37. The van der Waals surface area contributed by atoms with Crippen LogP contribution in [0.5, 0.6) is 0 Å². The van der Waals surface area contributed by atoms with Crippen LogP contribution in [0.1, 0.15) is 25.7 Å². The number of hydrogen-bond acceptors (Lipinski definition) is 4. The predicted octanol–water partition coefficient (Wildman–Crippen LogP) is 0.0399. The highest BCUT2D eigenvalue weighted by Crippen LogP contribution is 2.53. The van der Waals surface area contributed by atoms with Crippen LogP contribution in [0, 0.1) is 5.41 Å². The predicted molar refractivity (Wildman–Crippen MR) is 65.0 cm³/mol. The van der Waals surface area contributed by atoms with Gasteiger partial charge in [0.2, 0.25) is 0 Å². The molecule has 3 saturated heterocycles. The maximum Gasteiger partial charge on any atom is 0.315 e. The summed E-state index contributed by atoms with van der Waals surface area (Å²) in [5.74, 6) is -0.0544. The molecule has 3 aliphatic heterocycles. The smallest absolute Gasteiger partial charge is 0.315 e. The topological polar surface area (TPSA) is 44.8 Å². The molecule has 0 radical (unpaired) electrons. The van der Waals surface area contributed by atoms with E-state index in [9.17, 15) is 4.79 Å². The van der Waals surface area contributed by atoms with Crippen molar-refractivity contribution in [1.29, 1.82) is 0 Å². The van der Waals surface area contributed by atoms with Crippen molar-refractivity contribution in [2.45, 2.75) is 50.0 Å². The van der Waals surface area contributed by atoms with Crippen LogP contribution in [0.2, 0.25) is 6.04 Å². The minimum Gasteiger partial charge on any atom is -0.465 e. The molecule has 0 aromatic rings. The fraction of sp³-hybridized carbons (Fsp3) is 0.917. The van der Waals surface area contributed by atoms with Crippen LogP contribution >= 0.6 is 0 Å². The van der Waals surface area contributed by atoms with Gasteiger partial charge in [0.25, 0.3) is 0 Å². The molecule has 4 nitrogen and oxygen atoms in total. The van der Waals surface area contributed by atoms with E-state index in [-0.39, 0.29) is 29.7 Å². The number of fused-ring (bicyclic) bond motifs is 3. The Morgan fingerprint density at radius 1 is 1.53 bits per heavy atom. The maximum atomic E-state index is 11.9. The molecule has 3 rings (SSSR count). The van der Waals surface area contributed by atoms with Crippen molar-refractivity contribution in [3.05, 3.63) is 0 Å². The summed E-state index contributed by atoms with van der Waals surface area (Å²) in [5.41, 5.74) is -0.367. The molecular formula is C12H20O4Si. The Morgan fingerprint density at radius 3 is 3.06 bits per heavy atom. The van der Waals surface area contributed by atoms with Gasteiger partial charge in [-0.2, -0.15) is 0 Å². The number of carbonyl (C=O) groups is 1. The molecule has 3 aliphatic rings. The lowest BCUT2D eigenvalue weighted by molar-refractivity contribution is -0.152. The van der Waals surface area contributed by atoms with E-state index in [1.165, 1.54) is 16.3 Å². The summed E-state index contributed by atoms with van der Waals surface area (Å²) in [6.07, 6.45) is 4.04. The van der Waals surface area contributed by atoms with Crippen molar-refractivity contribution in [3.63, 3.8) is 0 Å². The molecule has 1 spiro atoms. The Bertz CT molecular complexity index is 322. The molecule has 0 aliphatic carbocycles. The standard InChI is InChI=1S/C12H20O4Si/c13-11-12(2-4-15-11)7-8-6-9(10(12)16-8)14-3-1-5-17/h8-10H,1-7H2,17H3. The lowest BCUT2D eigenvalue weighted by Gasteiger charge is -2.32. The van der Waals surface area contributed by atoms with Gasteiger partial charge in [-0.3, -0.25) is 4.79 Å². The second-order valence-corrected chi connectivity index (χ2v) is 6.42. The van der Waals surface area contributed by atoms with Crippen molar-refractivity contribution in [1.82, 2.24) is 0 Å². The molecule has 4 unspecified atom stereocenters. The average molecular weight is 256 g/mol. The summed E-state index contributed by atoms with van der Waals surface area (Å²) in [6, 6.07) is 1.27. The SMILES string of the molecule is O=C1OCCC12CC1CC(OCCC[SiH3])C2O1. The fourth-order valence-corrected chi connectivity index (χ4v) is 3.71. The Balaban J connectivity index is 1.68. The first-order valence-electron chi connectivity index (χ1n) is 6.70. The first-order valence-corrected chi connectivity index (χ1v) is 8.12. The van der Waals surface area contributed by atoms with Crippen LogP contribution < -0.4 is 0 Å². The van der Waals surface area contributed by atoms with E-state index >= 15 is 0 Å². The number of hydrogen-bond donors (Lipinski definition) is 0. The zero-order valence-corrected chi connectivity index (χ0v) is 12.3. The van der Waals surface area contributed by atoms with Crippen molar-refractivity contribution in [2.75, 3.05) is 13.2 Å². The van der Waals surface area contributed by atoms with E-state index in [2.05, 4.69) is 0 Å². The van der Waals surface area contributed by atoms with E-state index in [0.717, 1.165) is 32.3 Å². The first-order chi connectivity index (χ1) is 8.26. The monoisotopic (exact) mass is 256 g/mol. The molecule has 17 heavy (non-hydrogen) atoms. The summed E-state index contributed by atoms with van der Waals surface area (Å²) >= 11 is 0.